The van der Waals surface area contributed by atoms with Crippen molar-refractivity contribution in [3.05, 3.63) is 11.3 Å². The molecule has 0 aromatic heterocycles. The normalized spacial score (nSPS) is 26.6. The molecule has 0 aromatic carbocycles. The Morgan fingerprint density at radius 3 is 2.86 bits per heavy atom. The zero-order valence-corrected chi connectivity index (χ0v) is 8.72. The van der Waals surface area contributed by atoms with Crippen LogP contribution in [0.1, 0.15) is 0 Å². The van der Waals surface area contributed by atoms with Crippen LogP contribution in [0.15, 0.2) is 16.3 Å². The van der Waals surface area contributed by atoms with Crippen LogP contribution in [0.2, 0.25) is 0 Å². The molecule has 14 heavy (non-hydrogen) atoms. The summed E-state index contributed by atoms with van der Waals surface area (Å²) in [4.78, 5) is 14.1. The van der Waals surface area contributed by atoms with E-state index in [0.717, 1.165) is 6.21 Å². The van der Waals surface area contributed by atoms with Gasteiger partial charge in [-0.25, -0.2) is 13.8 Å². The first-order valence-corrected chi connectivity index (χ1v) is 4.36. The molecule has 0 fully saturated rings. The van der Waals surface area contributed by atoms with Crippen LogP contribution in [-0.4, -0.2) is 30.8 Å². The van der Waals surface area contributed by atoms with Gasteiger partial charge in [0.25, 0.3) is 11.2 Å². The maximum absolute atomic E-state index is 12.4. The summed E-state index contributed by atoms with van der Waals surface area (Å²) < 4.78 is 28.2. The lowest BCUT2D eigenvalue weighted by Gasteiger charge is -2.28. The summed E-state index contributed by atoms with van der Waals surface area (Å²) in [6, 6.07) is 0. The topological polar surface area (TPSA) is 50.7 Å². The molecule has 0 aromatic rings. The van der Waals surface area contributed by atoms with Gasteiger partial charge >= 0.3 is 0 Å². The van der Waals surface area contributed by atoms with Crippen LogP contribution in [0.5, 0.6) is 0 Å². The predicted octanol–water partition coefficient (Wildman–Crippen LogP) is 1.03. The molecule has 0 aliphatic carbocycles. The average Bonchev–Trinajstić information content (AvgIpc) is 2.18. The standard InChI is InChI=1S/C7H7BrF2N2O2/c1-14-7(8)11-2-4(3-13)5(12-7)6(9)10/h2-3,6,12H,1H3. The van der Waals surface area contributed by atoms with E-state index >= 15 is 0 Å². The van der Waals surface area contributed by atoms with Crippen LogP contribution in [-0.2, 0) is 9.53 Å². The van der Waals surface area contributed by atoms with Gasteiger partial charge in [0, 0.05) is 13.3 Å². The molecule has 78 valence electrons. The van der Waals surface area contributed by atoms with Gasteiger partial charge in [-0.1, -0.05) is 0 Å². The highest BCUT2D eigenvalue weighted by molar-refractivity contribution is 9.10. The Balaban J connectivity index is 3.00. The number of ether oxygens (including phenoxy) is 1. The van der Waals surface area contributed by atoms with Gasteiger partial charge in [0.15, 0.2) is 6.29 Å². The predicted molar refractivity (Wildman–Crippen MR) is 49.4 cm³/mol. The zero-order chi connectivity index (χ0) is 10.8. The maximum atomic E-state index is 12.4. The number of aliphatic imine (C=N–C) groups is 1. The lowest BCUT2D eigenvalue weighted by atomic mass is 10.2. The van der Waals surface area contributed by atoms with E-state index in [9.17, 15) is 13.6 Å². The van der Waals surface area contributed by atoms with Crippen molar-refractivity contribution in [3.63, 3.8) is 0 Å². The fraction of sp³-hybridized carbons (Fsp3) is 0.429. The summed E-state index contributed by atoms with van der Waals surface area (Å²) >= 11 is 2.95. The van der Waals surface area contributed by atoms with Crippen molar-refractivity contribution in [1.82, 2.24) is 5.32 Å². The van der Waals surface area contributed by atoms with E-state index in [1.54, 1.807) is 0 Å². The number of allylic oxidation sites excluding steroid dienone is 2. The van der Waals surface area contributed by atoms with Gasteiger partial charge in [-0.15, -0.1) is 0 Å². The first-order valence-electron chi connectivity index (χ1n) is 3.57. The van der Waals surface area contributed by atoms with Crippen molar-refractivity contribution in [3.8, 4) is 0 Å². The lowest BCUT2D eigenvalue weighted by Crippen LogP contribution is -2.43. The van der Waals surface area contributed by atoms with E-state index in [0.29, 0.717) is 6.29 Å². The fourth-order valence-electron chi connectivity index (χ4n) is 0.871. The minimum atomic E-state index is -2.78. The summed E-state index contributed by atoms with van der Waals surface area (Å²) in [5, 5.41) is 2.27. The first-order chi connectivity index (χ1) is 6.52. The summed E-state index contributed by atoms with van der Waals surface area (Å²) in [6.45, 7) is 0. The maximum Gasteiger partial charge on any atom is 0.296 e. The number of rotatable bonds is 3. The third kappa shape index (κ3) is 2.16. The molecule has 0 radical (unpaired) electrons. The van der Waals surface area contributed by atoms with E-state index in [2.05, 4.69) is 26.2 Å². The highest BCUT2D eigenvalue weighted by Gasteiger charge is 2.32. The highest BCUT2D eigenvalue weighted by atomic mass is 79.9. The number of nitrogens with zero attached hydrogens (tertiary/aromatic N) is 1. The number of nitrogens with one attached hydrogen (secondary N) is 1. The molecule has 1 N–H and O–H groups in total. The molecular formula is C7H7BrF2N2O2. The van der Waals surface area contributed by atoms with Crippen LogP contribution in [0.4, 0.5) is 8.78 Å². The smallest absolute Gasteiger partial charge is 0.296 e. The number of methoxy groups -OCH3 is 1. The van der Waals surface area contributed by atoms with Crippen LogP contribution in [0, 0.1) is 0 Å². The van der Waals surface area contributed by atoms with Gasteiger partial charge in [0.05, 0.1) is 11.3 Å². The van der Waals surface area contributed by atoms with Crippen molar-refractivity contribution in [1.29, 1.82) is 0 Å². The van der Waals surface area contributed by atoms with Crippen LogP contribution in [0.3, 0.4) is 0 Å². The molecule has 7 heteroatoms. The average molecular weight is 269 g/mol. The summed E-state index contributed by atoms with van der Waals surface area (Å²) in [5.74, 6) is 0. The SMILES string of the molecule is COC1(Br)N=CC(C=O)=C(C(F)F)N1. The summed E-state index contributed by atoms with van der Waals surface area (Å²) in [6.07, 6.45) is -1.45. The molecule has 1 aliphatic rings. The second-order valence-corrected chi connectivity index (χ2v) is 3.51. The van der Waals surface area contributed by atoms with Gasteiger partial charge in [-0.3, -0.25) is 4.79 Å². The Morgan fingerprint density at radius 2 is 2.43 bits per heavy atom. The minimum absolute atomic E-state index is 0.188. The number of hydrogen-bond acceptors (Lipinski definition) is 4. The molecule has 0 amide bonds. The Bertz CT molecular complexity index is 306. The lowest BCUT2D eigenvalue weighted by molar-refractivity contribution is -0.104. The minimum Gasteiger partial charge on any atom is -0.331 e. The van der Waals surface area contributed by atoms with Gasteiger partial charge in [-0.2, -0.15) is 0 Å². The van der Waals surface area contributed by atoms with Crippen molar-refractivity contribution >= 4 is 28.4 Å². The van der Waals surface area contributed by atoms with E-state index in [1.165, 1.54) is 7.11 Å². The van der Waals surface area contributed by atoms with Gasteiger partial charge < -0.3 is 10.1 Å². The Kier molecular flexibility index (Phi) is 3.33. The Labute approximate surface area is 87.2 Å². The van der Waals surface area contributed by atoms with E-state index < -0.39 is 16.9 Å². The first kappa shape index (κ1) is 11.3. The van der Waals surface area contributed by atoms with Crippen molar-refractivity contribution in [2.75, 3.05) is 7.11 Å². The van der Waals surface area contributed by atoms with E-state index in [1.807, 2.05) is 0 Å². The van der Waals surface area contributed by atoms with Crippen molar-refractivity contribution < 1.29 is 18.3 Å². The fourth-order valence-corrected chi connectivity index (χ4v) is 1.19. The Morgan fingerprint density at radius 1 is 1.79 bits per heavy atom. The molecule has 1 atom stereocenters. The summed E-state index contributed by atoms with van der Waals surface area (Å²) in [7, 11) is 1.29. The largest absolute Gasteiger partial charge is 0.331 e. The van der Waals surface area contributed by atoms with Crippen LogP contribution < -0.4 is 5.32 Å². The van der Waals surface area contributed by atoms with Crippen LogP contribution >= 0.6 is 15.9 Å². The zero-order valence-electron chi connectivity index (χ0n) is 7.13. The molecule has 0 spiro atoms. The molecule has 1 heterocycles. The van der Waals surface area contributed by atoms with E-state index in [4.69, 9.17) is 4.74 Å². The molecule has 1 unspecified atom stereocenters. The molecule has 4 nitrogen and oxygen atoms in total. The van der Waals surface area contributed by atoms with Gasteiger partial charge in [-0.05, 0) is 15.9 Å². The van der Waals surface area contributed by atoms with Gasteiger partial charge in [0.1, 0.15) is 0 Å². The molecule has 0 saturated carbocycles. The van der Waals surface area contributed by atoms with Crippen molar-refractivity contribution in [2.24, 2.45) is 4.99 Å². The highest BCUT2D eigenvalue weighted by Crippen LogP contribution is 2.25. The molecule has 0 saturated heterocycles. The monoisotopic (exact) mass is 268 g/mol. The number of hydrogen-bond donors (Lipinski definition) is 1. The molecule has 1 rings (SSSR count). The van der Waals surface area contributed by atoms with Gasteiger partial charge in [0.2, 0.25) is 0 Å². The molecular weight excluding hydrogens is 262 g/mol. The van der Waals surface area contributed by atoms with E-state index in [-0.39, 0.29) is 5.57 Å². The number of aldehydes is 1. The number of alkyl halides is 3. The second-order valence-electron chi connectivity index (χ2n) is 2.44. The summed E-state index contributed by atoms with van der Waals surface area (Å²) in [5.41, 5.74) is -0.694. The molecule has 1 aliphatic heterocycles. The van der Waals surface area contributed by atoms with Crippen LogP contribution in [0.25, 0.3) is 0 Å². The molecule has 0 bridgehead atoms. The number of carbonyl (C=O) groups excluding carboxylic acids is 1. The second kappa shape index (κ2) is 4.14. The Hall–Kier alpha value is -0.820. The third-order valence-electron chi connectivity index (χ3n) is 1.59. The van der Waals surface area contributed by atoms with Crippen molar-refractivity contribution in [2.45, 2.75) is 11.2 Å². The number of carbonyl (C=O) groups is 1. The number of halogens is 3. The quantitative estimate of drug-likeness (QED) is 0.473. The third-order valence-corrected chi connectivity index (χ3v) is 2.31.